The second-order valence-electron chi connectivity index (χ2n) is 9.33. The molecule has 0 fully saturated rings. The zero-order valence-corrected chi connectivity index (χ0v) is 21.6. The summed E-state index contributed by atoms with van der Waals surface area (Å²) in [6, 6.07) is 11.2. The number of hydrogen-bond acceptors (Lipinski definition) is 7. The number of nitrogens with one attached hydrogen (secondary N) is 1. The molecule has 0 aliphatic rings. The predicted octanol–water partition coefficient (Wildman–Crippen LogP) is 5.34. The molecule has 34 heavy (non-hydrogen) atoms. The number of hydrogen-bond donors (Lipinski definition) is 2. The van der Waals surface area contributed by atoms with Gasteiger partial charge in [-0.05, 0) is 87.4 Å². The molecule has 0 aliphatic carbocycles. The quantitative estimate of drug-likeness (QED) is 0.344. The number of amides is 1. The molecule has 8 heteroatoms. The third-order valence-electron chi connectivity index (χ3n) is 5.25. The highest BCUT2D eigenvalue weighted by Crippen LogP contribution is 2.27. The van der Waals surface area contributed by atoms with Crippen LogP contribution in [0.3, 0.4) is 0 Å². The summed E-state index contributed by atoms with van der Waals surface area (Å²) >= 11 is 1.17. The van der Waals surface area contributed by atoms with E-state index in [-0.39, 0.29) is 30.9 Å². The van der Waals surface area contributed by atoms with Gasteiger partial charge in [-0.1, -0.05) is 24.3 Å². The fourth-order valence-corrected chi connectivity index (χ4v) is 3.65. The zero-order chi connectivity index (χ0) is 25.3. The lowest BCUT2D eigenvalue weighted by molar-refractivity contribution is -0.154. The Hall–Kier alpha value is -2.87. The van der Waals surface area contributed by atoms with Crippen molar-refractivity contribution in [2.45, 2.75) is 46.8 Å². The lowest BCUT2D eigenvalue weighted by atomic mass is 9.96. The number of aryl methyl sites for hydroxylation is 2. The second kappa shape index (κ2) is 12.6. The van der Waals surface area contributed by atoms with Crippen LogP contribution < -0.4 is 9.46 Å². The summed E-state index contributed by atoms with van der Waals surface area (Å²) in [5, 5.41) is 9.67. The smallest absolute Gasteiger partial charge is 0.417 e. The van der Waals surface area contributed by atoms with Gasteiger partial charge in [0.1, 0.15) is 0 Å². The van der Waals surface area contributed by atoms with Crippen molar-refractivity contribution >= 4 is 24.0 Å². The standard InChI is InChI=1S/C26H35NO6S/c1-17-7-8-19(11-18(17)2)12-21(14-32-24(29)26(3,4)5)15-33-25(30)27-34-16-20-9-10-22(28)23(13-20)31-6/h7-11,13,21,28H,12,14-16H2,1-6H3,(H,27,30). The Labute approximate surface area is 206 Å². The van der Waals surface area contributed by atoms with Gasteiger partial charge in [-0.3, -0.25) is 9.52 Å². The van der Waals surface area contributed by atoms with Crippen LogP contribution in [0.5, 0.6) is 11.5 Å². The molecule has 1 unspecified atom stereocenters. The van der Waals surface area contributed by atoms with Gasteiger partial charge in [0.05, 0.1) is 25.7 Å². The molecule has 0 spiro atoms. The maximum absolute atomic E-state index is 12.2. The van der Waals surface area contributed by atoms with E-state index in [9.17, 15) is 14.7 Å². The number of carbonyl (C=O) groups is 2. The molecule has 0 saturated heterocycles. The van der Waals surface area contributed by atoms with Crippen LogP contribution in [0.25, 0.3) is 0 Å². The predicted molar refractivity (Wildman–Crippen MR) is 134 cm³/mol. The Bertz CT molecular complexity index is 986. The molecule has 2 aromatic rings. The van der Waals surface area contributed by atoms with E-state index in [2.05, 4.69) is 30.7 Å². The highest BCUT2D eigenvalue weighted by molar-refractivity contribution is 7.97. The summed E-state index contributed by atoms with van der Waals surface area (Å²) < 4.78 is 18.7. The number of aromatic hydroxyl groups is 1. The molecule has 0 saturated carbocycles. The monoisotopic (exact) mass is 489 g/mol. The fourth-order valence-electron chi connectivity index (χ4n) is 3.05. The maximum atomic E-state index is 12.2. The van der Waals surface area contributed by atoms with Crippen molar-refractivity contribution in [3.63, 3.8) is 0 Å². The first kappa shape index (κ1) is 27.4. The molecule has 0 radical (unpaired) electrons. The van der Waals surface area contributed by atoms with Crippen LogP contribution in [-0.4, -0.2) is 37.5 Å². The molecule has 0 aromatic heterocycles. The Kier molecular flexibility index (Phi) is 10.1. The largest absolute Gasteiger partial charge is 0.504 e. The van der Waals surface area contributed by atoms with Crippen LogP contribution >= 0.6 is 11.9 Å². The zero-order valence-electron chi connectivity index (χ0n) is 20.8. The SMILES string of the molecule is COc1cc(CSNC(=O)OCC(COC(=O)C(C)(C)C)Cc2ccc(C)c(C)c2)ccc1O. The summed E-state index contributed by atoms with van der Waals surface area (Å²) in [6.07, 6.45) is 0.0506. The van der Waals surface area contributed by atoms with Crippen molar-refractivity contribution in [3.05, 3.63) is 58.7 Å². The number of phenolic OH excluding ortho intramolecular Hbond substituents is 1. The number of carbonyl (C=O) groups excluding carboxylic acids is 2. The molecule has 1 amide bonds. The van der Waals surface area contributed by atoms with E-state index < -0.39 is 11.5 Å². The lowest BCUT2D eigenvalue weighted by Gasteiger charge is -2.21. The number of benzene rings is 2. The van der Waals surface area contributed by atoms with Crippen LogP contribution in [0.4, 0.5) is 4.79 Å². The molecule has 2 aromatic carbocycles. The van der Waals surface area contributed by atoms with Crippen LogP contribution in [0.1, 0.15) is 43.0 Å². The van der Waals surface area contributed by atoms with Gasteiger partial charge in [-0.25, -0.2) is 4.79 Å². The van der Waals surface area contributed by atoms with Crippen LogP contribution in [-0.2, 0) is 26.4 Å². The Morgan fingerprint density at radius 1 is 1.00 bits per heavy atom. The maximum Gasteiger partial charge on any atom is 0.417 e. The molecule has 0 heterocycles. The Balaban J connectivity index is 1.90. The van der Waals surface area contributed by atoms with Gasteiger partial charge in [-0.2, -0.15) is 0 Å². The summed E-state index contributed by atoms with van der Waals surface area (Å²) in [7, 11) is 1.48. The molecule has 0 aliphatic heterocycles. The van der Waals surface area contributed by atoms with Crippen molar-refractivity contribution in [2.24, 2.45) is 11.3 Å². The van der Waals surface area contributed by atoms with E-state index in [0.717, 1.165) is 11.1 Å². The average molecular weight is 490 g/mol. The van der Waals surface area contributed by atoms with Gasteiger partial charge in [0.25, 0.3) is 0 Å². The van der Waals surface area contributed by atoms with Crippen molar-refractivity contribution < 1.29 is 28.9 Å². The summed E-state index contributed by atoms with van der Waals surface area (Å²) in [5.41, 5.74) is 3.76. The van der Waals surface area contributed by atoms with Crippen LogP contribution in [0.2, 0.25) is 0 Å². The van der Waals surface area contributed by atoms with E-state index in [4.69, 9.17) is 14.2 Å². The first-order valence-corrected chi connectivity index (χ1v) is 12.1. The summed E-state index contributed by atoms with van der Waals surface area (Å²) in [5.74, 6) is 0.443. The van der Waals surface area contributed by atoms with Crippen LogP contribution in [0, 0.1) is 25.2 Å². The first-order valence-electron chi connectivity index (χ1n) is 11.1. The fraction of sp³-hybridized carbons (Fsp3) is 0.462. The third kappa shape index (κ3) is 8.82. The molecule has 0 bridgehead atoms. The summed E-state index contributed by atoms with van der Waals surface area (Å²) in [4.78, 5) is 24.5. The summed E-state index contributed by atoms with van der Waals surface area (Å²) in [6.45, 7) is 9.80. The van der Waals surface area contributed by atoms with Gasteiger partial charge in [0, 0.05) is 11.7 Å². The molecule has 2 N–H and O–H groups in total. The third-order valence-corrected chi connectivity index (χ3v) is 6.04. The van der Waals surface area contributed by atoms with Gasteiger partial charge < -0.3 is 19.3 Å². The van der Waals surface area contributed by atoms with E-state index >= 15 is 0 Å². The van der Waals surface area contributed by atoms with Gasteiger partial charge in [-0.15, -0.1) is 0 Å². The molecule has 186 valence electrons. The average Bonchev–Trinajstić information content (AvgIpc) is 2.78. The van der Waals surface area contributed by atoms with Gasteiger partial charge in [0.2, 0.25) is 0 Å². The first-order chi connectivity index (χ1) is 16.0. The van der Waals surface area contributed by atoms with Gasteiger partial charge in [0.15, 0.2) is 11.5 Å². The number of methoxy groups -OCH3 is 1. The lowest BCUT2D eigenvalue weighted by Crippen LogP contribution is -2.29. The minimum atomic E-state index is -0.600. The van der Waals surface area contributed by atoms with E-state index in [1.807, 2.05) is 6.07 Å². The highest BCUT2D eigenvalue weighted by Gasteiger charge is 2.25. The van der Waals surface area contributed by atoms with E-state index in [1.54, 1.807) is 39.0 Å². The molecular weight excluding hydrogens is 454 g/mol. The normalized spacial score (nSPS) is 12.1. The minimum absolute atomic E-state index is 0.0607. The Morgan fingerprint density at radius 3 is 2.32 bits per heavy atom. The number of phenols is 1. The topological polar surface area (TPSA) is 94.1 Å². The number of rotatable bonds is 10. The van der Waals surface area contributed by atoms with Crippen molar-refractivity contribution in [1.29, 1.82) is 0 Å². The minimum Gasteiger partial charge on any atom is -0.504 e. The van der Waals surface area contributed by atoms with E-state index in [0.29, 0.717) is 17.9 Å². The molecular formula is C26H35NO6S. The molecule has 1 atom stereocenters. The molecule has 7 nitrogen and oxygen atoms in total. The van der Waals surface area contributed by atoms with Crippen molar-refractivity contribution in [2.75, 3.05) is 20.3 Å². The number of esters is 1. The van der Waals surface area contributed by atoms with Crippen LogP contribution in [0.15, 0.2) is 36.4 Å². The Morgan fingerprint density at radius 2 is 1.68 bits per heavy atom. The van der Waals surface area contributed by atoms with Gasteiger partial charge >= 0.3 is 12.1 Å². The number of ether oxygens (including phenoxy) is 3. The van der Waals surface area contributed by atoms with Crippen molar-refractivity contribution in [3.8, 4) is 11.5 Å². The molecule has 2 rings (SSSR count). The van der Waals surface area contributed by atoms with Crippen molar-refractivity contribution in [1.82, 2.24) is 4.72 Å². The van der Waals surface area contributed by atoms with E-state index in [1.165, 1.54) is 30.2 Å². The second-order valence-corrected chi connectivity index (χ2v) is 10.1. The highest BCUT2D eigenvalue weighted by atomic mass is 32.2.